The fourth-order valence-electron chi connectivity index (χ4n) is 5.54. The Kier molecular flexibility index (Phi) is 8.14. The van der Waals surface area contributed by atoms with Crippen molar-refractivity contribution in [2.75, 3.05) is 45.9 Å². The third-order valence-corrected chi connectivity index (χ3v) is 7.60. The topological polar surface area (TPSA) is 82.6 Å². The van der Waals surface area contributed by atoms with E-state index in [1.807, 2.05) is 6.07 Å². The third kappa shape index (κ3) is 6.10. The predicted molar refractivity (Wildman–Crippen MR) is 140 cm³/mol. The van der Waals surface area contributed by atoms with Gasteiger partial charge in [0.1, 0.15) is 24.2 Å². The molecule has 0 aromatic heterocycles. The van der Waals surface area contributed by atoms with Crippen LogP contribution in [-0.2, 0) is 17.8 Å². The van der Waals surface area contributed by atoms with Crippen LogP contribution >= 0.6 is 0 Å². The lowest BCUT2D eigenvalue weighted by Crippen LogP contribution is -2.44. The summed E-state index contributed by atoms with van der Waals surface area (Å²) in [5.41, 5.74) is 3.11. The molecule has 0 radical (unpaired) electrons. The Morgan fingerprint density at radius 3 is 2.63 bits per heavy atom. The first kappa shape index (κ1) is 26.4. The molecule has 2 amide bonds. The molecule has 204 valence electrons. The number of rotatable bonds is 7. The van der Waals surface area contributed by atoms with Crippen LogP contribution in [0.5, 0.6) is 11.5 Å². The molecule has 0 bridgehead atoms. The summed E-state index contributed by atoms with van der Waals surface area (Å²) in [6.45, 7) is 5.34. The number of aliphatic hydroxyl groups excluding tert-OH is 1. The lowest BCUT2D eigenvalue weighted by molar-refractivity contribution is -0.137. The van der Waals surface area contributed by atoms with Crippen LogP contribution in [0.25, 0.3) is 0 Å². The van der Waals surface area contributed by atoms with Crippen LogP contribution in [0.2, 0.25) is 0 Å². The Morgan fingerprint density at radius 2 is 1.87 bits per heavy atom. The summed E-state index contributed by atoms with van der Waals surface area (Å²) in [4.78, 5) is 30.6. The minimum Gasteiger partial charge on any atom is -0.491 e. The second-order valence-electron chi connectivity index (χ2n) is 10.4. The van der Waals surface area contributed by atoms with Gasteiger partial charge in [-0.25, -0.2) is 4.39 Å². The van der Waals surface area contributed by atoms with Crippen molar-refractivity contribution in [3.8, 4) is 11.5 Å². The van der Waals surface area contributed by atoms with Gasteiger partial charge in [-0.15, -0.1) is 0 Å². The number of ether oxygens (including phenoxy) is 2. The molecule has 3 aliphatic heterocycles. The molecule has 2 unspecified atom stereocenters. The summed E-state index contributed by atoms with van der Waals surface area (Å²) in [5, 5.41) is 10.8. The van der Waals surface area contributed by atoms with Crippen LogP contribution < -0.4 is 9.47 Å². The number of hydrogen-bond acceptors (Lipinski definition) is 6. The van der Waals surface area contributed by atoms with Crippen LogP contribution in [0.15, 0.2) is 42.5 Å². The molecule has 8 nitrogen and oxygen atoms in total. The SMILES string of the molecule is CC(F)C(=O)N1CCC(Oc2ccc3c(c2)OCCN(CC(O)CN2CCc4ccccc4C2)C3=O)CC1. The number of hydrogen-bond donors (Lipinski definition) is 1. The van der Waals surface area contributed by atoms with E-state index in [1.54, 1.807) is 23.1 Å². The van der Waals surface area contributed by atoms with E-state index in [0.717, 1.165) is 19.5 Å². The first-order valence-electron chi connectivity index (χ1n) is 13.5. The number of amides is 2. The average molecular weight is 526 g/mol. The highest BCUT2D eigenvalue weighted by Gasteiger charge is 2.29. The number of aliphatic hydroxyl groups is 1. The summed E-state index contributed by atoms with van der Waals surface area (Å²) >= 11 is 0. The van der Waals surface area contributed by atoms with Crippen LogP contribution in [0.1, 0.15) is 41.3 Å². The third-order valence-electron chi connectivity index (χ3n) is 7.60. The zero-order valence-electron chi connectivity index (χ0n) is 21.9. The smallest absolute Gasteiger partial charge is 0.257 e. The van der Waals surface area contributed by atoms with Gasteiger partial charge < -0.3 is 24.4 Å². The first-order chi connectivity index (χ1) is 18.4. The number of piperidine rings is 1. The number of halogens is 1. The Bertz CT molecular complexity index is 1150. The number of carbonyl (C=O) groups excluding carboxylic acids is 2. The normalized spacial score (nSPS) is 20.1. The number of alkyl halides is 1. The average Bonchev–Trinajstić information content (AvgIpc) is 3.06. The summed E-state index contributed by atoms with van der Waals surface area (Å²) < 4.78 is 25.3. The standard InChI is InChI=1S/C29H36FN3O5/c1-20(30)28(35)32-12-9-24(10-13-32)38-25-6-7-26-27(16-25)37-15-14-33(29(26)36)19-23(34)18-31-11-8-21-4-2-3-5-22(21)17-31/h2-7,16,20,23-24,34H,8-15,17-19H2,1H3. The van der Waals surface area contributed by atoms with E-state index < -0.39 is 18.2 Å². The molecule has 1 saturated heterocycles. The predicted octanol–water partition coefficient (Wildman–Crippen LogP) is 2.67. The maximum atomic E-state index is 13.3. The lowest BCUT2D eigenvalue weighted by Gasteiger charge is -2.32. The Labute approximate surface area is 222 Å². The van der Waals surface area contributed by atoms with E-state index in [1.165, 1.54) is 23.0 Å². The maximum absolute atomic E-state index is 13.3. The fraction of sp³-hybridized carbons (Fsp3) is 0.517. The highest BCUT2D eigenvalue weighted by atomic mass is 19.1. The van der Waals surface area contributed by atoms with Crippen molar-refractivity contribution in [3.05, 3.63) is 59.2 Å². The van der Waals surface area contributed by atoms with E-state index in [-0.39, 0.29) is 18.6 Å². The van der Waals surface area contributed by atoms with Gasteiger partial charge in [0.05, 0.1) is 18.2 Å². The van der Waals surface area contributed by atoms with E-state index >= 15 is 0 Å². The van der Waals surface area contributed by atoms with Crippen molar-refractivity contribution in [1.82, 2.24) is 14.7 Å². The molecule has 38 heavy (non-hydrogen) atoms. The van der Waals surface area contributed by atoms with E-state index in [4.69, 9.17) is 9.47 Å². The van der Waals surface area contributed by atoms with Gasteiger partial charge in [0.15, 0.2) is 6.17 Å². The Morgan fingerprint density at radius 1 is 1.11 bits per heavy atom. The number of likely N-dealkylation sites (tertiary alicyclic amines) is 1. The Hall–Kier alpha value is -3.17. The molecule has 3 aliphatic rings. The van der Waals surface area contributed by atoms with Crippen molar-refractivity contribution >= 4 is 11.8 Å². The van der Waals surface area contributed by atoms with Gasteiger partial charge in [-0.2, -0.15) is 0 Å². The second kappa shape index (κ2) is 11.7. The molecule has 3 heterocycles. The molecular weight excluding hydrogens is 489 g/mol. The zero-order valence-corrected chi connectivity index (χ0v) is 21.9. The molecule has 1 fully saturated rings. The van der Waals surface area contributed by atoms with E-state index in [2.05, 4.69) is 23.1 Å². The van der Waals surface area contributed by atoms with Crippen LogP contribution in [-0.4, -0.2) is 95.9 Å². The molecule has 9 heteroatoms. The summed E-state index contributed by atoms with van der Waals surface area (Å²) in [5.74, 6) is 0.422. The van der Waals surface area contributed by atoms with Crippen molar-refractivity contribution in [2.24, 2.45) is 0 Å². The maximum Gasteiger partial charge on any atom is 0.257 e. The van der Waals surface area contributed by atoms with E-state index in [0.29, 0.717) is 62.7 Å². The summed E-state index contributed by atoms with van der Waals surface area (Å²) in [6, 6.07) is 13.6. The zero-order chi connectivity index (χ0) is 26.6. The second-order valence-corrected chi connectivity index (χ2v) is 10.4. The molecule has 0 aliphatic carbocycles. The van der Waals surface area contributed by atoms with Crippen molar-refractivity contribution in [2.45, 2.75) is 51.1 Å². The number of carbonyl (C=O) groups is 2. The molecule has 0 saturated carbocycles. The van der Waals surface area contributed by atoms with Gasteiger partial charge in [0.2, 0.25) is 0 Å². The van der Waals surface area contributed by atoms with Gasteiger partial charge in [-0.3, -0.25) is 14.5 Å². The highest BCUT2D eigenvalue weighted by molar-refractivity contribution is 5.97. The van der Waals surface area contributed by atoms with Crippen LogP contribution in [0, 0.1) is 0 Å². The molecule has 2 atom stereocenters. The minimum atomic E-state index is -1.49. The molecule has 2 aromatic carbocycles. The summed E-state index contributed by atoms with van der Waals surface area (Å²) in [7, 11) is 0. The minimum absolute atomic E-state index is 0.0955. The van der Waals surface area contributed by atoms with Gasteiger partial charge in [0, 0.05) is 58.2 Å². The van der Waals surface area contributed by atoms with Gasteiger partial charge in [-0.1, -0.05) is 24.3 Å². The molecule has 5 rings (SSSR count). The first-order valence-corrected chi connectivity index (χ1v) is 13.5. The van der Waals surface area contributed by atoms with Gasteiger partial charge in [-0.05, 0) is 36.6 Å². The van der Waals surface area contributed by atoms with Crippen molar-refractivity contribution in [1.29, 1.82) is 0 Å². The quantitative estimate of drug-likeness (QED) is 0.599. The number of β-amino-alcohol motifs (C(OH)–C–C–N with tert-alkyl or cyclic N) is 1. The molecule has 0 spiro atoms. The lowest BCUT2D eigenvalue weighted by atomic mass is 10.00. The van der Waals surface area contributed by atoms with Crippen molar-refractivity contribution < 1.29 is 28.6 Å². The number of nitrogens with zero attached hydrogens (tertiary/aromatic N) is 3. The highest BCUT2D eigenvalue weighted by Crippen LogP contribution is 2.30. The Balaban J connectivity index is 1.15. The molecule has 2 aromatic rings. The number of benzene rings is 2. The molecule has 1 N–H and O–H groups in total. The largest absolute Gasteiger partial charge is 0.491 e. The van der Waals surface area contributed by atoms with Crippen molar-refractivity contribution in [3.63, 3.8) is 0 Å². The molecular formula is C29H36FN3O5. The van der Waals surface area contributed by atoms with Gasteiger partial charge in [0.25, 0.3) is 11.8 Å². The van der Waals surface area contributed by atoms with E-state index in [9.17, 15) is 19.1 Å². The monoisotopic (exact) mass is 525 g/mol. The number of fused-ring (bicyclic) bond motifs is 2. The fourth-order valence-corrected chi connectivity index (χ4v) is 5.54. The van der Waals surface area contributed by atoms with Crippen LogP contribution in [0.3, 0.4) is 0 Å². The summed E-state index contributed by atoms with van der Waals surface area (Å²) in [6.07, 6.45) is -0.0543. The van der Waals surface area contributed by atoms with Gasteiger partial charge >= 0.3 is 0 Å². The van der Waals surface area contributed by atoms with Crippen LogP contribution in [0.4, 0.5) is 4.39 Å².